The van der Waals surface area contributed by atoms with Crippen LogP contribution in [0.1, 0.15) is 6.42 Å². The van der Waals surface area contributed by atoms with Gasteiger partial charge in [-0.1, -0.05) is 0 Å². The lowest BCUT2D eigenvalue weighted by molar-refractivity contribution is -0.485. The summed E-state index contributed by atoms with van der Waals surface area (Å²) in [7, 11) is 4.16. The van der Waals surface area contributed by atoms with E-state index >= 15 is 0 Å². The van der Waals surface area contributed by atoms with E-state index in [4.69, 9.17) is 0 Å². The number of nitro groups is 1. The average molecular weight is 192 g/mol. The fourth-order valence-corrected chi connectivity index (χ4v) is 0.768. The van der Waals surface area contributed by atoms with E-state index in [2.05, 4.69) is 25.0 Å². The zero-order valence-corrected chi connectivity index (χ0v) is 8.06. The summed E-state index contributed by atoms with van der Waals surface area (Å²) in [6.07, 6.45) is 1.89. The molecule has 0 aromatic rings. The van der Waals surface area contributed by atoms with Crippen molar-refractivity contribution in [2.24, 2.45) is 5.10 Å². The Morgan fingerprint density at radius 1 is 1.75 bits per heavy atom. The number of rotatable bonds is 4. The molecule has 0 aromatic heterocycles. The monoisotopic (exact) mass is 192 g/mol. The minimum Gasteiger partial charge on any atom is -0.354 e. The maximum absolute atomic E-state index is 9.94. The molecule has 0 rings (SSSR count). The lowest BCUT2D eigenvalue weighted by Crippen LogP contribution is -2.36. The first-order valence-electron chi connectivity index (χ1n) is 3.55. The van der Waals surface area contributed by atoms with Crippen LogP contribution < -0.4 is 10.6 Å². The van der Waals surface area contributed by atoms with E-state index in [0.717, 1.165) is 12.6 Å². The lowest BCUT2D eigenvalue weighted by Gasteiger charge is -2.03. The number of guanidine groups is 1. The molecule has 1 unspecified atom stereocenters. The molecule has 0 aliphatic rings. The summed E-state index contributed by atoms with van der Waals surface area (Å²) in [5, 5.41) is 17.6. The zero-order chi connectivity index (χ0) is 9.40. The van der Waals surface area contributed by atoms with Gasteiger partial charge in [-0.3, -0.25) is 0 Å². The van der Waals surface area contributed by atoms with Gasteiger partial charge in [0.1, 0.15) is 5.10 Å². The first kappa shape index (κ1) is 11.1. The van der Waals surface area contributed by atoms with E-state index < -0.39 is 5.03 Å². The van der Waals surface area contributed by atoms with E-state index in [-0.39, 0.29) is 5.96 Å². The van der Waals surface area contributed by atoms with E-state index in [1.165, 1.54) is 0 Å². The molecule has 0 heterocycles. The van der Waals surface area contributed by atoms with Gasteiger partial charge in [0.05, 0.1) is 0 Å². The van der Waals surface area contributed by atoms with Crippen molar-refractivity contribution in [1.82, 2.24) is 10.6 Å². The van der Waals surface area contributed by atoms with Gasteiger partial charge in [0, 0.05) is 13.6 Å². The summed E-state index contributed by atoms with van der Waals surface area (Å²) in [6.45, 7) is 0.678. The smallest absolute Gasteiger partial charge is 0.268 e. The Bertz CT molecular complexity index is 173. The second-order valence-electron chi connectivity index (χ2n) is 2.01. The largest absolute Gasteiger partial charge is 0.354 e. The average Bonchev–Trinajstić information content (AvgIpc) is 2.02. The van der Waals surface area contributed by atoms with Crippen LogP contribution in [0.25, 0.3) is 0 Å². The molecule has 0 saturated carbocycles. The lowest BCUT2D eigenvalue weighted by atomic mass is 10.5. The van der Waals surface area contributed by atoms with Crippen molar-refractivity contribution in [3.8, 4) is 0 Å². The topological polar surface area (TPSA) is 79.6 Å². The van der Waals surface area contributed by atoms with Crippen LogP contribution in [0.5, 0.6) is 0 Å². The third-order valence-corrected chi connectivity index (χ3v) is 1.50. The third kappa shape index (κ3) is 5.85. The molecule has 0 saturated heterocycles. The zero-order valence-electron chi connectivity index (χ0n) is 6.91. The van der Waals surface area contributed by atoms with Crippen LogP contribution in [0.3, 0.4) is 0 Å². The summed E-state index contributed by atoms with van der Waals surface area (Å²) in [5.74, 6) is 0.193. The molecule has 6 nitrogen and oxygen atoms in total. The Kier molecular flexibility index (Phi) is 6.28. The van der Waals surface area contributed by atoms with Crippen LogP contribution >= 0.6 is 9.24 Å². The second kappa shape index (κ2) is 6.79. The van der Waals surface area contributed by atoms with E-state index in [1.807, 2.05) is 0 Å². The summed E-state index contributed by atoms with van der Waals surface area (Å²) in [4.78, 5) is 9.94. The van der Waals surface area contributed by atoms with Crippen LogP contribution in [-0.4, -0.2) is 30.7 Å². The number of hydrogen-bond donors (Lipinski definition) is 2. The van der Waals surface area contributed by atoms with Gasteiger partial charge in [-0.25, -0.2) is 10.1 Å². The van der Waals surface area contributed by atoms with Gasteiger partial charge in [0.25, 0.3) is 5.96 Å². The Labute approximate surface area is 73.1 Å². The standard InChI is InChI=1S/C5H13N4O2P/c1-6-5(8-9(10)11)7-3-2-4-12/h2-4,12H2,1H3,(H2,6,7,8). The fourth-order valence-electron chi connectivity index (χ4n) is 0.564. The predicted octanol–water partition coefficient (Wildman–Crippen LogP) is -0.392. The highest BCUT2D eigenvalue weighted by atomic mass is 31.0. The molecular weight excluding hydrogens is 179 g/mol. The Balaban J connectivity index is 3.75. The molecule has 0 bridgehead atoms. The van der Waals surface area contributed by atoms with Crippen molar-refractivity contribution in [3.05, 3.63) is 10.1 Å². The second-order valence-corrected chi connectivity index (χ2v) is 2.58. The first-order valence-corrected chi connectivity index (χ1v) is 4.37. The number of nitrogens with one attached hydrogen (secondary N) is 2. The highest BCUT2D eigenvalue weighted by Gasteiger charge is 1.99. The van der Waals surface area contributed by atoms with Crippen LogP contribution in [0.4, 0.5) is 0 Å². The first-order chi connectivity index (χ1) is 5.70. The summed E-state index contributed by atoms with van der Waals surface area (Å²) in [6, 6.07) is 0. The minimum atomic E-state index is -0.737. The molecule has 7 heteroatoms. The molecule has 70 valence electrons. The Morgan fingerprint density at radius 2 is 2.42 bits per heavy atom. The van der Waals surface area contributed by atoms with E-state index in [9.17, 15) is 10.1 Å². The molecule has 0 radical (unpaired) electrons. The van der Waals surface area contributed by atoms with Crippen molar-refractivity contribution < 1.29 is 5.03 Å². The number of nitrogens with zero attached hydrogens (tertiary/aromatic N) is 2. The maximum Gasteiger partial charge on any atom is 0.268 e. The molecule has 0 fully saturated rings. The van der Waals surface area contributed by atoms with Crippen LogP contribution in [0.2, 0.25) is 0 Å². The van der Waals surface area contributed by atoms with Gasteiger partial charge in [-0.15, -0.1) is 9.24 Å². The fraction of sp³-hybridized carbons (Fsp3) is 0.800. The normalized spacial score (nSPS) is 11.0. The van der Waals surface area contributed by atoms with Gasteiger partial charge in [-0.05, 0) is 12.6 Å². The van der Waals surface area contributed by atoms with Gasteiger partial charge in [-0.2, -0.15) is 0 Å². The van der Waals surface area contributed by atoms with Crippen molar-refractivity contribution in [3.63, 3.8) is 0 Å². The Hall–Kier alpha value is -0.900. The molecule has 0 aromatic carbocycles. The van der Waals surface area contributed by atoms with Crippen LogP contribution in [0, 0.1) is 10.1 Å². The molecule has 1 atom stereocenters. The maximum atomic E-state index is 9.94. The number of hydrazone groups is 1. The van der Waals surface area contributed by atoms with E-state index in [0.29, 0.717) is 6.54 Å². The molecule has 0 aliphatic heterocycles. The molecule has 0 spiro atoms. The van der Waals surface area contributed by atoms with E-state index in [1.54, 1.807) is 7.05 Å². The molecule has 12 heavy (non-hydrogen) atoms. The third-order valence-electron chi connectivity index (χ3n) is 1.09. The van der Waals surface area contributed by atoms with Crippen molar-refractivity contribution >= 4 is 15.2 Å². The van der Waals surface area contributed by atoms with Gasteiger partial charge >= 0.3 is 0 Å². The molecule has 2 N–H and O–H groups in total. The SMILES string of the molecule is CN/C(=N\[N+](=O)[O-])NCCCP. The van der Waals surface area contributed by atoms with Gasteiger partial charge in [0.15, 0.2) is 5.03 Å². The molecule has 0 aliphatic carbocycles. The highest BCUT2D eigenvalue weighted by Crippen LogP contribution is 1.84. The summed E-state index contributed by atoms with van der Waals surface area (Å²) >= 11 is 0. The highest BCUT2D eigenvalue weighted by molar-refractivity contribution is 7.16. The number of hydrogen-bond acceptors (Lipinski definition) is 2. The van der Waals surface area contributed by atoms with Crippen LogP contribution in [0.15, 0.2) is 5.10 Å². The van der Waals surface area contributed by atoms with Crippen molar-refractivity contribution in [1.29, 1.82) is 0 Å². The minimum absolute atomic E-state index is 0.193. The van der Waals surface area contributed by atoms with Gasteiger partial charge in [0.2, 0.25) is 0 Å². The van der Waals surface area contributed by atoms with Gasteiger partial charge < -0.3 is 10.6 Å². The summed E-state index contributed by atoms with van der Waals surface area (Å²) in [5.41, 5.74) is 0. The predicted molar refractivity (Wildman–Crippen MR) is 50.7 cm³/mol. The van der Waals surface area contributed by atoms with Crippen molar-refractivity contribution in [2.75, 3.05) is 19.8 Å². The molecular formula is C5H13N4O2P. The summed E-state index contributed by atoms with van der Waals surface area (Å²) < 4.78 is 0. The van der Waals surface area contributed by atoms with Crippen LogP contribution in [-0.2, 0) is 0 Å². The molecule has 0 amide bonds. The van der Waals surface area contributed by atoms with Crippen molar-refractivity contribution in [2.45, 2.75) is 6.42 Å². The quantitative estimate of drug-likeness (QED) is 0.159. The Morgan fingerprint density at radius 3 is 2.83 bits per heavy atom.